The van der Waals surface area contributed by atoms with Gasteiger partial charge in [-0.2, -0.15) is 0 Å². The van der Waals surface area contributed by atoms with Crippen LogP contribution in [0.2, 0.25) is 0 Å². The average Bonchev–Trinajstić information content (AvgIpc) is 2.47. The van der Waals surface area contributed by atoms with Gasteiger partial charge in [-0.3, -0.25) is 10.1 Å². The first-order chi connectivity index (χ1) is 9.61. The number of ether oxygens (including phenoxy) is 1. The molecule has 110 valence electrons. The molecule has 20 heavy (non-hydrogen) atoms. The molecular weight excluding hydrogens is 260 g/mol. The molecule has 0 spiro atoms. The Bertz CT molecular complexity index is 475. The molecule has 1 aromatic rings. The predicted molar refractivity (Wildman–Crippen MR) is 77.3 cm³/mol. The van der Waals surface area contributed by atoms with Crippen LogP contribution in [0.3, 0.4) is 0 Å². The predicted octanol–water partition coefficient (Wildman–Crippen LogP) is 1.89. The van der Waals surface area contributed by atoms with E-state index in [2.05, 4.69) is 10.3 Å². The summed E-state index contributed by atoms with van der Waals surface area (Å²) in [6.45, 7) is 2.29. The molecular formula is C13H20N4O3. The molecule has 0 aliphatic carbocycles. The summed E-state index contributed by atoms with van der Waals surface area (Å²) in [4.78, 5) is 16.9. The highest BCUT2D eigenvalue weighted by atomic mass is 16.6. The molecule has 1 aliphatic rings. The van der Waals surface area contributed by atoms with Gasteiger partial charge in [-0.05, 0) is 24.8 Å². The number of rotatable bonds is 5. The SMILES string of the molecule is CNc1ccc([N+](=O)[O-])c(N(C)CC2CCOCC2)n1. The van der Waals surface area contributed by atoms with E-state index in [9.17, 15) is 10.1 Å². The van der Waals surface area contributed by atoms with E-state index in [0.717, 1.165) is 32.6 Å². The molecule has 0 aromatic carbocycles. The van der Waals surface area contributed by atoms with Crippen LogP contribution in [0.15, 0.2) is 12.1 Å². The molecule has 2 rings (SSSR count). The normalized spacial score (nSPS) is 15.9. The molecule has 7 heteroatoms. The summed E-state index contributed by atoms with van der Waals surface area (Å²) in [7, 11) is 3.60. The van der Waals surface area contributed by atoms with Gasteiger partial charge in [-0.15, -0.1) is 0 Å². The zero-order valence-corrected chi connectivity index (χ0v) is 11.8. The van der Waals surface area contributed by atoms with Crippen LogP contribution < -0.4 is 10.2 Å². The molecule has 1 N–H and O–H groups in total. The third kappa shape index (κ3) is 3.36. The summed E-state index contributed by atoms with van der Waals surface area (Å²) in [5.74, 6) is 1.53. The lowest BCUT2D eigenvalue weighted by atomic mass is 10.00. The van der Waals surface area contributed by atoms with E-state index in [1.807, 2.05) is 11.9 Å². The quantitative estimate of drug-likeness (QED) is 0.655. The minimum Gasteiger partial charge on any atom is -0.381 e. The number of hydrogen-bond acceptors (Lipinski definition) is 6. The molecule has 0 saturated carbocycles. The van der Waals surface area contributed by atoms with Crippen molar-refractivity contribution in [1.29, 1.82) is 0 Å². The highest BCUT2D eigenvalue weighted by molar-refractivity contribution is 5.61. The van der Waals surface area contributed by atoms with Crippen molar-refractivity contribution in [2.45, 2.75) is 12.8 Å². The number of nitrogens with zero attached hydrogens (tertiary/aromatic N) is 3. The molecule has 0 radical (unpaired) electrons. The summed E-state index contributed by atoms with van der Waals surface area (Å²) in [6.07, 6.45) is 1.98. The Morgan fingerprint density at radius 2 is 2.20 bits per heavy atom. The Labute approximate surface area is 118 Å². The number of pyridine rings is 1. The van der Waals surface area contributed by atoms with Crippen molar-refractivity contribution in [3.63, 3.8) is 0 Å². The summed E-state index contributed by atoms with van der Waals surface area (Å²) < 4.78 is 5.33. The number of hydrogen-bond donors (Lipinski definition) is 1. The summed E-state index contributed by atoms with van der Waals surface area (Å²) >= 11 is 0. The number of nitrogens with one attached hydrogen (secondary N) is 1. The van der Waals surface area contributed by atoms with E-state index >= 15 is 0 Å². The van der Waals surface area contributed by atoms with E-state index in [1.54, 1.807) is 13.1 Å². The second-order valence-corrected chi connectivity index (χ2v) is 4.98. The number of nitro groups is 1. The average molecular weight is 280 g/mol. The summed E-state index contributed by atoms with van der Waals surface area (Å²) in [5, 5.41) is 14.0. The van der Waals surface area contributed by atoms with Crippen molar-refractivity contribution in [3.05, 3.63) is 22.2 Å². The van der Waals surface area contributed by atoms with E-state index in [-0.39, 0.29) is 10.6 Å². The first-order valence-corrected chi connectivity index (χ1v) is 6.74. The van der Waals surface area contributed by atoms with Crippen molar-refractivity contribution < 1.29 is 9.66 Å². The molecule has 1 aliphatic heterocycles. The molecule has 1 aromatic heterocycles. The van der Waals surface area contributed by atoms with Crippen molar-refractivity contribution in [2.24, 2.45) is 5.92 Å². The Hall–Kier alpha value is -1.89. The molecule has 0 bridgehead atoms. The van der Waals surface area contributed by atoms with Crippen LogP contribution in [0.4, 0.5) is 17.3 Å². The topological polar surface area (TPSA) is 80.5 Å². The first-order valence-electron chi connectivity index (χ1n) is 6.74. The Balaban J connectivity index is 2.17. The van der Waals surface area contributed by atoms with Gasteiger partial charge in [0.25, 0.3) is 0 Å². The lowest BCUT2D eigenvalue weighted by molar-refractivity contribution is -0.384. The zero-order valence-electron chi connectivity index (χ0n) is 11.8. The van der Waals surface area contributed by atoms with Gasteiger partial charge in [0.15, 0.2) is 0 Å². The zero-order chi connectivity index (χ0) is 14.5. The van der Waals surface area contributed by atoms with Gasteiger partial charge in [0.1, 0.15) is 5.82 Å². The van der Waals surface area contributed by atoms with Crippen LogP contribution in [0, 0.1) is 16.0 Å². The highest BCUT2D eigenvalue weighted by Crippen LogP contribution is 2.28. The lowest BCUT2D eigenvalue weighted by Crippen LogP contribution is -2.30. The number of anilines is 2. The minimum atomic E-state index is -0.387. The third-order valence-electron chi connectivity index (χ3n) is 3.54. The standard InChI is InChI=1S/C13H20N4O3/c1-14-12-4-3-11(17(18)19)13(15-12)16(2)9-10-5-7-20-8-6-10/h3-4,10H,5-9H2,1-2H3,(H,14,15). The van der Waals surface area contributed by atoms with Gasteiger partial charge in [0.05, 0.1) is 4.92 Å². The van der Waals surface area contributed by atoms with Gasteiger partial charge < -0.3 is 15.0 Å². The van der Waals surface area contributed by atoms with Crippen molar-refractivity contribution in [1.82, 2.24) is 4.98 Å². The molecule has 1 saturated heterocycles. The van der Waals surface area contributed by atoms with Crippen LogP contribution in [0.1, 0.15) is 12.8 Å². The Morgan fingerprint density at radius 1 is 1.50 bits per heavy atom. The summed E-state index contributed by atoms with van der Waals surface area (Å²) in [5.41, 5.74) is 0.0403. The van der Waals surface area contributed by atoms with Gasteiger partial charge in [-0.25, -0.2) is 4.98 Å². The minimum absolute atomic E-state index is 0.0403. The van der Waals surface area contributed by atoms with Gasteiger partial charge >= 0.3 is 5.69 Å². The van der Waals surface area contributed by atoms with E-state index < -0.39 is 0 Å². The highest BCUT2D eigenvalue weighted by Gasteiger charge is 2.23. The smallest absolute Gasteiger partial charge is 0.311 e. The van der Waals surface area contributed by atoms with Crippen molar-refractivity contribution >= 4 is 17.3 Å². The van der Waals surface area contributed by atoms with E-state index in [0.29, 0.717) is 17.6 Å². The maximum Gasteiger partial charge on any atom is 0.311 e. The first kappa shape index (κ1) is 14.5. The molecule has 1 fully saturated rings. The van der Waals surface area contributed by atoms with Crippen LogP contribution in [0.5, 0.6) is 0 Å². The van der Waals surface area contributed by atoms with Crippen molar-refractivity contribution in [2.75, 3.05) is 44.1 Å². The fourth-order valence-electron chi connectivity index (χ4n) is 2.41. The van der Waals surface area contributed by atoms with E-state index in [4.69, 9.17) is 4.74 Å². The Morgan fingerprint density at radius 3 is 2.80 bits per heavy atom. The third-order valence-corrected chi connectivity index (χ3v) is 3.54. The van der Waals surface area contributed by atoms with E-state index in [1.165, 1.54) is 6.07 Å². The number of aromatic nitrogens is 1. The molecule has 0 amide bonds. The van der Waals surface area contributed by atoms with Gasteiger partial charge in [0, 0.05) is 39.9 Å². The molecule has 0 unspecified atom stereocenters. The lowest BCUT2D eigenvalue weighted by Gasteiger charge is -2.27. The van der Waals surface area contributed by atoms with Crippen LogP contribution in [0.25, 0.3) is 0 Å². The van der Waals surface area contributed by atoms with Gasteiger partial charge in [-0.1, -0.05) is 0 Å². The molecule has 7 nitrogen and oxygen atoms in total. The fourth-order valence-corrected chi connectivity index (χ4v) is 2.41. The van der Waals surface area contributed by atoms with Crippen molar-refractivity contribution in [3.8, 4) is 0 Å². The Kier molecular flexibility index (Phi) is 4.73. The maximum atomic E-state index is 11.1. The fraction of sp³-hybridized carbons (Fsp3) is 0.615. The van der Waals surface area contributed by atoms with Crippen LogP contribution in [-0.2, 0) is 4.74 Å². The maximum absolute atomic E-state index is 11.1. The summed E-state index contributed by atoms with van der Waals surface area (Å²) in [6, 6.07) is 3.11. The second-order valence-electron chi connectivity index (χ2n) is 4.98. The monoisotopic (exact) mass is 280 g/mol. The molecule has 0 atom stereocenters. The van der Waals surface area contributed by atoms with Gasteiger partial charge in [0.2, 0.25) is 5.82 Å². The van der Waals surface area contributed by atoms with Crippen LogP contribution >= 0.6 is 0 Å². The second kappa shape index (κ2) is 6.51. The molecule has 2 heterocycles. The largest absolute Gasteiger partial charge is 0.381 e. The van der Waals surface area contributed by atoms with Crippen LogP contribution in [-0.4, -0.2) is 43.8 Å².